The van der Waals surface area contributed by atoms with E-state index in [0.717, 1.165) is 46.5 Å². The largest absolute Gasteiger partial charge is 0.495 e. The van der Waals surface area contributed by atoms with E-state index in [1.807, 2.05) is 70.2 Å². The van der Waals surface area contributed by atoms with Crippen molar-refractivity contribution in [1.82, 2.24) is 5.32 Å². The lowest BCUT2D eigenvalue weighted by Gasteiger charge is -2.25. The number of nitrogens with one attached hydrogen (secondary N) is 2. The van der Waals surface area contributed by atoms with Crippen molar-refractivity contribution in [2.75, 3.05) is 12.4 Å². The quantitative estimate of drug-likeness (QED) is 0.0643. The third kappa shape index (κ3) is 11.3. The van der Waals surface area contributed by atoms with E-state index in [4.69, 9.17) is 15.2 Å². The van der Waals surface area contributed by atoms with Crippen LogP contribution in [0.2, 0.25) is 0 Å². The van der Waals surface area contributed by atoms with Gasteiger partial charge in [0, 0.05) is 29.1 Å². The molecule has 0 saturated heterocycles. The predicted molar refractivity (Wildman–Crippen MR) is 182 cm³/mol. The number of aldehydes is 1. The van der Waals surface area contributed by atoms with Crippen LogP contribution in [0.15, 0.2) is 106 Å². The first-order valence-electron chi connectivity index (χ1n) is 14.3. The van der Waals surface area contributed by atoms with Gasteiger partial charge in [0.05, 0.1) is 19.1 Å². The number of anilines is 1. The smallest absolute Gasteiger partial charge is 0.222 e. The van der Waals surface area contributed by atoms with Gasteiger partial charge in [-0.3, -0.25) is 4.99 Å². The number of aliphatic imine (C=N–C) groups is 2. The minimum atomic E-state index is -0.481. The molecule has 1 atom stereocenters. The molecule has 0 heterocycles. The van der Waals surface area contributed by atoms with Gasteiger partial charge < -0.3 is 30.6 Å². The fourth-order valence-corrected chi connectivity index (χ4v) is 4.21. The van der Waals surface area contributed by atoms with Crippen LogP contribution in [0.5, 0.6) is 5.75 Å². The van der Waals surface area contributed by atoms with Crippen molar-refractivity contribution in [2.24, 2.45) is 15.7 Å². The number of ether oxygens (including phenoxy) is 2. The summed E-state index contributed by atoms with van der Waals surface area (Å²) < 4.78 is 11.9. The van der Waals surface area contributed by atoms with Gasteiger partial charge in [-0.25, -0.2) is 4.99 Å². The molecule has 1 aromatic carbocycles. The van der Waals surface area contributed by atoms with Gasteiger partial charge in [0.15, 0.2) is 0 Å². The van der Waals surface area contributed by atoms with Crippen molar-refractivity contribution in [3.8, 4) is 5.75 Å². The van der Waals surface area contributed by atoms with Crippen LogP contribution in [0.1, 0.15) is 66.5 Å². The molecule has 4 N–H and O–H groups in total. The molecule has 0 aliphatic carbocycles. The minimum Gasteiger partial charge on any atom is -0.495 e. The van der Waals surface area contributed by atoms with Crippen LogP contribution in [-0.2, 0) is 14.9 Å². The molecule has 0 amide bonds. The average Bonchev–Trinajstić information content (AvgIpc) is 2.96. The maximum absolute atomic E-state index is 10.9. The molecule has 1 rings (SSSR count). The molecule has 43 heavy (non-hydrogen) atoms. The molecule has 8 heteroatoms. The molecule has 1 unspecified atom stereocenters. The summed E-state index contributed by atoms with van der Waals surface area (Å²) in [5.74, 6) is 2.04. The van der Waals surface area contributed by atoms with Gasteiger partial charge in [0.25, 0.3) is 0 Å². The lowest BCUT2D eigenvalue weighted by atomic mass is 9.83. The van der Waals surface area contributed by atoms with Crippen molar-refractivity contribution in [2.45, 2.75) is 73.8 Å². The molecule has 0 aliphatic heterocycles. The molecule has 0 saturated carbocycles. The molecule has 232 valence electrons. The number of rotatable bonds is 15. The van der Waals surface area contributed by atoms with E-state index in [1.54, 1.807) is 20.1 Å². The Balaban J connectivity index is 3.57. The normalized spacial score (nSPS) is 14.9. The number of benzene rings is 1. The number of carbonyl (C=O) groups excluding carboxylic acids is 1. The van der Waals surface area contributed by atoms with Crippen molar-refractivity contribution in [3.05, 3.63) is 107 Å². The predicted octanol–water partition coefficient (Wildman–Crippen LogP) is 7.53. The number of methoxy groups -OCH3 is 1. The number of carbonyl (C=O) groups is 1. The first-order chi connectivity index (χ1) is 20.4. The van der Waals surface area contributed by atoms with Gasteiger partial charge in [-0.15, -0.1) is 0 Å². The number of hydrogen-bond donors (Lipinski definition) is 3. The number of aryl methyl sites for hydroxylation is 1. The van der Waals surface area contributed by atoms with Gasteiger partial charge in [0.1, 0.15) is 29.7 Å². The highest BCUT2D eigenvalue weighted by Gasteiger charge is 2.20. The summed E-state index contributed by atoms with van der Waals surface area (Å²) in [6.07, 6.45) is 16.6. The van der Waals surface area contributed by atoms with Crippen molar-refractivity contribution in [3.63, 3.8) is 0 Å². The average molecular weight is 588 g/mol. The Morgan fingerprint density at radius 2 is 1.72 bits per heavy atom. The van der Waals surface area contributed by atoms with E-state index in [-0.39, 0.29) is 11.3 Å². The topological polar surface area (TPSA) is 110 Å². The van der Waals surface area contributed by atoms with E-state index >= 15 is 0 Å². The Morgan fingerprint density at radius 3 is 2.23 bits per heavy atom. The zero-order chi connectivity index (χ0) is 32.6. The number of allylic oxidation sites excluding steroid dienone is 7. The zero-order valence-electron chi connectivity index (χ0n) is 27.4. The van der Waals surface area contributed by atoms with Crippen LogP contribution < -0.4 is 21.1 Å². The van der Waals surface area contributed by atoms with Crippen LogP contribution >= 0.6 is 0 Å². The van der Waals surface area contributed by atoms with Crippen LogP contribution in [0.4, 0.5) is 5.69 Å². The second-order valence-electron chi connectivity index (χ2n) is 10.6. The molecule has 0 aromatic heterocycles. The monoisotopic (exact) mass is 587 g/mol. The number of nitrogens with zero attached hydrogens (tertiary/aromatic N) is 2. The lowest BCUT2D eigenvalue weighted by Crippen LogP contribution is -2.21. The molecule has 0 bridgehead atoms. The Hall–Kier alpha value is -4.59. The molecule has 0 aliphatic rings. The van der Waals surface area contributed by atoms with E-state index in [1.165, 1.54) is 11.8 Å². The summed E-state index contributed by atoms with van der Waals surface area (Å²) in [5, 5.41) is 6.83. The fourth-order valence-electron chi connectivity index (χ4n) is 4.21. The molecule has 0 spiro atoms. The second kappa shape index (κ2) is 18.1. The van der Waals surface area contributed by atoms with Gasteiger partial charge >= 0.3 is 0 Å². The number of nitrogens with two attached hydrogens (primary N) is 1. The molecule has 0 radical (unpaired) electrons. The summed E-state index contributed by atoms with van der Waals surface area (Å²) in [7, 11) is 1.66. The van der Waals surface area contributed by atoms with E-state index in [0.29, 0.717) is 11.6 Å². The first kappa shape index (κ1) is 36.4. The Kier molecular flexibility index (Phi) is 15.3. The Bertz CT molecular complexity index is 1370. The van der Waals surface area contributed by atoms with E-state index in [9.17, 15) is 4.79 Å². The van der Waals surface area contributed by atoms with Crippen LogP contribution in [-0.4, -0.2) is 32.0 Å². The summed E-state index contributed by atoms with van der Waals surface area (Å²) in [6.45, 7) is 22.3. The van der Waals surface area contributed by atoms with Crippen molar-refractivity contribution in [1.29, 1.82) is 0 Å². The maximum atomic E-state index is 10.9. The Morgan fingerprint density at radius 1 is 1.07 bits per heavy atom. The number of hydrogen-bond acceptors (Lipinski definition) is 7. The first-order valence-corrected chi connectivity index (χ1v) is 14.3. The molecule has 1 aromatic rings. The fraction of sp³-hybridized carbons (Fsp3) is 0.343. The summed E-state index contributed by atoms with van der Waals surface area (Å²) in [6, 6.07) is 3.67. The highest BCUT2D eigenvalue weighted by molar-refractivity contribution is 5.75. The second-order valence-corrected chi connectivity index (χ2v) is 10.6. The van der Waals surface area contributed by atoms with Gasteiger partial charge in [0.2, 0.25) is 5.88 Å². The Labute approximate surface area is 258 Å². The summed E-state index contributed by atoms with van der Waals surface area (Å²) in [4.78, 5) is 19.2. The third-order valence-electron chi connectivity index (χ3n) is 6.14. The van der Waals surface area contributed by atoms with Crippen molar-refractivity contribution >= 4 is 24.5 Å². The molecule has 0 fully saturated rings. The highest BCUT2D eigenvalue weighted by Crippen LogP contribution is 2.35. The van der Waals surface area contributed by atoms with Gasteiger partial charge in [-0.05, 0) is 76.3 Å². The minimum absolute atomic E-state index is 0.0397. The van der Waals surface area contributed by atoms with Gasteiger partial charge in [-0.2, -0.15) is 0 Å². The van der Waals surface area contributed by atoms with Crippen LogP contribution in [0.3, 0.4) is 0 Å². The maximum Gasteiger partial charge on any atom is 0.222 e. The van der Waals surface area contributed by atoms with Crippen molar-refractivity contribution < 1.29 is 14.3 Å². The van der Waals surface area contributed by atoms with E-state index < -0.39 is 6.04 Å². The highest BCUT2D eigenvalue weighted by atomic mass is 16.5. The molecular weight excluding hydrogens is 538 g/mol. The summed E-state index contributed by atoms with van der Waals surface area (Å²) in [5.41, 5.74) is 11.2. The third-order valence-corrected chi connectivity index (χ3v) is 6.14. The molecule has 8 nitrogen and oxygen atoms in total. The SMILES string of the molecule is C=C(NC(=C/C)/C(/C=C\C)=C(/C=C\C)C(=C/C)\OC(=C/C=NC(C)C=O)/N=C/N)Nc1cc(C(C)(C)C)c(C)cc1OC. The van der Waals surface area contributed by atoms with E-state index in [2.05, 4.69) is 61.0 Å². The lowest BCUT2D eigenvalue weighted by molar-refractivity contribution is -0.108. The molecular formula is C35H49N5O3. The standard InChI is InChI=1S/C35H49N5O3/c1-12-16-27(28(17-13-2)32(15-4)43-34(38-23-36)18-19-37-25(6)22-41)30(14-3)39-26(7)40-31-21-29(35(8,9)10)24(5)20-33(31)42-11/h12-23,25,39-40H,7H2,1-6,8-11H3,(H2,36,38)/b16-12-,17-13-,28-27-,30-14+,32-15+,34-18+,37-19?. The van der Waals surface area contributed by atoms with Gasteiger partial charge in [-0.1, -0.05) is 57.7 Å². The summed E-state index contributed by atoms with van der Waals surface area (Å²) >= 11 is 0. The van der Waals surface area contributed by atoms with Crippen LogP contribution in [0.25, 0.3) is 0 Å². The zero-order valence-corrected chi connectivity index (χ0v) is 27.4. The van der Waals surface area contributed by atoms with Crippen LogP contribution in [0, 0.1) is 6.92 Å².